The van der Waals surface area contributed by atoms with Gasteiger partial charge in [0.25, 0.3) is 0 Å². The molecule has 1 aromatic carbocycles. The number of hydrogen-bond donors (Lipinski definition) is 0. The molecule has 26 heavy (non-hydrogen) atoms. The molecule has 0 N–H and O–H groups in total. The number of esters is 1. The Labute approximate surface area is 160 Å². The van der Waals surface area contributed by atoms with E-state index < -0.39 is 0 Å². The number of ketones is 1. The summed E-state index contributed by atoms with van der Waals surface area (Å²) in [4.78, 5) is 30.2. The maximum atomic E-state index is 12.7. The van der Waals surface area contributed by atoms with Crippen molar-refractivity contribution in [2.45, 2.75) is 13.3 Å². The lowest BCUT2D eigenvalue weighted by atomic mass is 10.1. The summed E-state index contributed by atoms with van der Waals surface area (Å²) in [6, 6.07) is 14.3. The molecule has 2 heterocycles. The summed E-state index contributed by atoms with van der Waals surface area (Å²) in [5.41, 5.74) is 2.04. The number of pyridine rings is 1. The molecule has 0 fully saturated rings. The highest BCUT2D eigenvalue weighted by atomic mass is 35.5. The topological polar surface area (TPSA) is 56.3 Å². The Kier molecular flexibility index (Phi) is 5.81. The Bertz CT molecular complexity index is 920. The second-order valence-electron chi connectivity index (χ2n) is 5.50. The molecule has 3 rings (SSSR count). The first-order valence-corrected chi connectivity index (χ1v) is 9.28. The van der Waals surface area contributed by atoms with Gasteiger partial charge < -0.3 is 4.74 Å². The van der Waals surface area contributed by atoms with E-state index in [-0.39, 0.29) is 18.2 Å². The Balaban J connectivity index is 2.00. The van der Waals surface area contributed by atoms with E-state index in [2.05, 4.69) is 4.98 Å². The summed E-state index contributed by atoms with van der Waals surface area (Å²) in [5.74, 6) is -0.488. The molecule has 0 aliphatic heterocycles. The zero-order valence-corrected chi connectivity index (χ0v) is 15.6. The molecule has 0 aliphatic rings. The fourth-order valence-electron chi connectivity index (χ4n) is 2.51. The van der Waals surface area contributed by atoms with Gasteiger partial charge in [-0.05, 0) is 48.4 Å². The summed E-state index contributed by atoms with van der Waals surface area (Å²) in [6.45, 7) is 2.08. The highest BCUT2D eigenvalue weighted by Crippen LogP contribution is 2.35. The van der Waals surface area contributed by atoms with Gasteiger partial charge in [0.1, 0.15) is 5.69 Å². The number of aromatic nitrogens is 1. The van der Waals surface area contributed by atoms with Crippen molar-refractivity contribution >= 4 is 34.7 Å². The standard InChI is InChI=1S/C20H16ClNO3S/c1-2-25-18(23)12-14-11-17(19(24)16-5-3-4-10-22-16)26-20(14)13-6-8-15(21)9-7-13/h3-11H,2,12H2,1H3. The number of nitrogens with zero attached hydrogens (tertiary/aromatic N) is 1. The Hall–Kier alpha value is -2.50. The van der Waals surface area contributed by atoms with E-state index in [1.54, 1.807) is 49.5 Å². The first-order chi connectivity index (χ1) is 12.6. The third-order valence-electron chi connectivity index (χ3n) is 3.68. The molecule has 6 heteroatoms. The maximum absolute atomic E-state index is 12.7. The number of ether oxygens (including phenoxy) is 1. The van der Waals surface area contributed by atoms with Crippen molar-refractivity contribution in [2.75, 3.05) is 6.61 Å². The largest absolute Gasteiger partial charge is 0.466 e. The molecule has 2 aromatic heterocycles. The van der Waals surface area contributed by atoms with Crippen LogP contribution in [0.15, 0.2) is 54.7 Å². The molecule has 4 nitrogen and oxygen atoms in total. The fraction of sp³-hybridized carbons (Fsp3) is 0.150. The van der Waals surface area contributed by atoms with Gasteiger partial charge in [0.2, 0.25) is 5.78 Å². The van der Waals surface area contributed by atoms with Gasteiger partial charge in [-0.3, -0.25) is 14.6 Å². The molecule has 0 aliphatic carbocycles. The fourth-order valence-corrected chi connectivity index (χ4v) is 3.77. The zero-order chi connectivity index (χ0) is 18.5. The van der Waals surface area contributed by atoms with Gasteiger partial charge in [0, 0.05) is 16.1 Å². The van der Waals surface area contributed by atoms with Crippen LogP contribution in [0.25, 0.3) is 10.4 Å². The second-order valence-corrected chi connectivity index (χ2v) is 6.99. The Morgan fingerprint density at radius 2 is 1.92 bits per heavy atom. The van der Waals surface area contributed by atoms with Gasteiger partial charge in [-0.2, -0.15) is 0 Å². The minimum absolute atomic E-state index is 0.109. The van der Waals surface area contributed by atoms with Crippen LogP contribution < -0.4 is 0 Å². The smallest absolute Gasteiger partial charge is 0.310 e. The van der Waals surface area contributed by atoms with Crippen LogP contribution >= 0.6 is 22.9 Å². The normalized spacial score (nSPS) is 10.5. The van der Waals surface area contributed by atoms with Crippen LogP contribution in [-0.4, -0.2) is 23.3 Å². The minimum Gasteiger partial charge on any atom is -0.466 e. The number of halogens is 1. The van der Waals surface area contributed by atoms with Crippen molar-refractivity contribution in [3.63, 3.8) is 0 Å². The molecular formula is C20H16ClNO3S. The molecule has 0 atom stereocenters. The van der Waals surface area contributed by atoms with Crippen molar-refractivity contribution in [1.29, 1.82) is 0 Å². The van der Waals surface area contributed by atoms with Crippen LogP contribution in [-0.2, 0) is 16.0 Å². The highest BCUT2D eigenvalue weighted by Gasteiger charge is 2.20. The van der Waals surface area contributed by atoms with Crippen LogP contribution in [0.4, 0.5) is 0 Å². The molecule has 0 radical (unpaired) electrons. The van der Waals surface area contributed by atoms with Crippen LogP contribution in [0.2, 0.25) is 5.02 Å². The molecule has 0 spiro atoms. The quantitative estimate of drug-likeness (QED) is 0.451. The van der Waals surface area contributed by atoms with Gasteiger partial charge in [-0.1, -0.05) is 29.8 Å². The number of hydrogen-bond acceptors (Lipinski definition) is 5. The molecule has 0 bridgehead atoms. The van der Waals surface area contributed by atoms with E-state index in [4.69, 9.17) is 16.3 Å². The molecule has 0 saturated carbocycles. The molecule has 3 aromatic rings. The van der Waals surface area contributed by atoms with Gasteiger partial charge in [0.15, 0.2) is 0 Å². The van der Waals surface area contributed by atoms with Gasteiger partial charge >= 0.3 is 5.97 Å². The van der Waals surface area contributed by atoms with Gasteiger partial charge in [-0.25, -0.2) is 0 Å². The summed E-state index contributed by atoms with van der Waals surface area (Å²) >= 11 is 7.31. The van der Waals surface area contributed by atoms with E-state index in [9.17, 15) is 9.59 Å². The Morgan fingerprint density at radius 1 is 1.15 bits per heavy atom. The number of thiophene rings is 1. The summed E-state index contributed by atoms with van der Waals surface area (Å²) < 4.78 is 5.06. The molecule has 132 valence electrons. The minimum atomic E-state index is -0.322. The van der Waals surface area contributed by atoms with Gasteiger partial charge in [0.05, 0.1) is 17.9 Å². The van der Waals surface area contributed by atoms with E-state index in [1.165, 1.54) is 11.3 Å². The summed E-state index contributed by atoms with van der Waals surface area (Å²) in [7, 11) is 0. The molecule has 0 unspecified atom stereocenters. The average molecular weight is 386 g/mol. The van der Waals surface area contributed by atoms with Crippen molar-refractivity contribution in [2.24, 2.45) is 0 Å². The van der Waals surface area contributed by atoms with Crippen LogP contribution in [0.1, 0.15) is 27.9 Å². The van der Waals surface area contributed by atoms with Crippen molar-refractivity contribution in [1.82, 2.24) is 4.98 Å². The molecular weight excluding hydrogens is 370 g/mol. The van der Waals surface area contributed by atoms with E-state index in [1.807, 2.05) is 12.1 Å². The number of rotatable bonds is 6. The zero-order valence-electron chi connectivity index (χ0n) is 14.1. The van der Waals surface area contributed by atoms with Crippen molar-refractivity contribution in [3.05, 3.63) is 75.9 Å². The maximum Gasteiger partial charge on any atom is 0.310 e. The third-order valence-corrected chi connectivity index (χ3v) is 5.15. The highest BCUT2D eigenvalue weighted by molar-refractivity contribution is 7.17. The molecule has 0 amide bonds. The van der Waals surface area contributed by atoms with Crippen molar-refractivity contribution in [3.8, 4) is 10.4 Å². The lowest BCUT2D eigenvalue weighted by molar-refractivity contribution is -0.142. The first-order valence-electron chi connectivity index (χ1n) is 8.08. The van der Waals surface area contributed by atoms with Crippen molar-refractivity contribution < 1.29 is 14.3 Å². The average Bonchev–Trinajstić information content (AvgIpc) is 3.06. The third kappa shape index (κ3) is 4.18. The van der Waals surface area contributed by atoms with E-state index >= 15 is 0 Å². The monoisotopic (exact) mass is 385 g/mol. The Morgan fingerprint density at radius 3 is 2.58 bits per heavy atom. The summed E-state index contributed by atoms with van der Waals surface area (Å²) in [5, 5.41) is 0.627. The van der Waals surface area contributed by atoms with E-state index in [0.717, 1.165) is 16.0 Å². The lowest BCUT2D eigenvalue weighted by Crippen LogP contribution is -2.07. The lowest BCUT2D eigenvalue weighted by Gasteiger charge is -2.04. The predicted octanol–water partition coefficient (Wildman–Crippen LogP) is 4.80. The number of carbonyl (C=O) groups is 2. The number of benzene rings is 1. The number of carbonyl (C=O) groups excluding carboxylic acids is 2. The van der Waals surface area contributed by atoms with Crippen LogP contribution in [0, 0.1) is 0 Å². The predicted molar refractivity (Wildman–Crippen MR) is 103 cm³/mol. The van der Waals surface area contributed by atoms with Crippen LogP contribution in [0.3, 0.4) is 0 Å². The van der Waals surface area contributed by atoms with Crippen LogP contribution in [0.5, 0.6) is 0 Å². The molecule has 0 saturated heterocycles. The summed E-state index contributed by atoms with van der Waals surface area (Å²) in [6.07, 6.45) is 1.69. The first kappa shape index (κ1) is 18.3. The second kappa shape index (κ2) is 8.25. The van der Waals surface area contributed by atoms with E-state index in [0.29, 0.717) is 22.2 Å². The SMILES string of the molecule is CCOC(=O)Cc1cc(C(=O)c2ccccn2)sc1-c1ccc(Cl)cc1. The van der Waals surface area contributed by atoms with Gasteiger partial charge in [-0.15, -0.1) is 11.3 Å².